The first-order chi connectivity index (χ1) is 12.5. The van der Waals surface area contributed by atoms with Gasteiger partial charge in [0, 0.05) is 13.1 Å². The van der Waals surface area contributed by atoms with Crippen molar-refractivity contribution in [2.24, 2.45) is 5.92 Å². The summed E-state index contributed by atoms with van der Waals surface area (Å²) in [5.41, 5.74) is 1.87. The molecule has 2 rings (SSSR count). The quantitative estimate of drug-likeness (QED) is 0.682. The van der Waals surface area contributed by atoms with E-state index in [9.17, 15) is 14.0 Å². The van der Waals surface area contributed by atoms with Crippen LogP contribution in [-0.2, 0) is 27.2 Å². The second kappa shape index (κ2) is 9.70. The summed E-state index contributed by atoms with van der Waals surface area (Å²) >= 11 is 0. The Morgan fingerprint density at radius 2 is 1.69 bits per heavy atom. The van der Waals surface area contributed by atoms with Crippen LogP contribution in [-0.4, -0.2) is 37.0 Å². The number of esters is 1. The number of methoxy groups -OCH3 is 1. The zero-order valence-corrected chi connectivity index (χ0v) is 15.2. The van der Waals surface area contributed by atoms with Gasteiger partial charge >= 0.3 is 5.97 Å². The molecule has 0 N–H and O–H groups in total. The Balaban J connectivity index is 2.06. The number of hydrogen-bond acceptors (Lipinski definition) is 3. The molecule has 0 heterocycles. The van der Waals surface area contributed by atoms with Gasteiger partial charge in [0.15, 0.2) is 0 Å². The molecule has 2 aromatic carbocycles. The molecule has 2 aromatic rings. The molecule has 0 aromatic heterocycles. The van der Waals surface area contributed by atoms with Crippen LogP contribution in [0.25, 0.3) is 0 Å². The Hall–Kier alpha value is -2.69. The van der Waals surface area contributed by atoms with Crippen LogP contribution in [0.15, 0.2) is 54.6 Å². The van der Waals surface area contributed by atoms with Crippen molar-refractivity contribution in [3.8, 4) is 0 Å². The maximum atomic E-state index is 13.0. The average Bonchev–Trinajstić information content (AvgIpc) is 2.66. The van der Waals surface area contributed by atoms with E-state index in [1.165, 1.54) is 19.2 Å². The standard InChI is InChI=1S/C21H24FNO3/c1-16(21(25)26-2)15-23(13-12-17-6-4-3-5-7-17)20(24)14-18-8-10-19(22)11-9-18/h3-11,16H,12-15H2,1-2H3. The lowest BCUT2D eigenvalue weighted by molar-refractivity contribution is -0.146. The van der Waals surface area contributed by atoms with Crippen molar-refractivity contribution in [2.45, 2.75) is 19.8 Å². The maximum Gasteiger partial charge on any atom is 0.310 e. The summed E-state index contributed by atoms with van der Waals surface area (Å²) < 4.78 is 17.8. The minimum Gasteiger partial charge on any atom is -0.469 e. The van der Waals surface area contributed by atoms with E-state index in [4.69, 9.17) is 4.74 Å². The lowest BCUT2D eigenvalue weighted by atomic mass is 10.1. The maximum absolute atomic E-state index is 13.0. The van der Waals surface area contributed by atoms with Crippen molar-refractivity contribution in [1.29, 1.82) is 0 Å². The van der Waals surface area contributed by atoms with E-state index in [2.05, 4.69) is 0 Å². The number of amides is 1. The fourth-order valence-corrected chi connectivity index (χ4v) is 2.72. The normalized spacial score (nSPS) is 11.7. The van der Waals surface area contributed by atoms with Crippen LogP contribution in [0.4, 0.5) is 4.39 Å². The van der Waals surface area contributed by atoms with Gasteiger partial charge < -0.3 is 9.64 Å². The molecule has 1 amide bonds. The van der Waals surface area contributed by atoms with Crippen molar-refractivity contribution in [1.82, 2.24) is 4.90 Å². The second-order valence-corrected chi connectivity index (χ2v) is 6.30. The van der Waals surface area contributed by atoms with Crippen LogP contribution in [0, 0.1) is 11.7 Å². The Morgan fingerprint density at radius 1 is 1.04 bits per heavy atom. The number of hydrogen-bond donors (Lipinski definition) is 0. The first-order valence-corrected chi connectivity index (χ1v) is 8.63. The molecule has 0 aliphatic rings. The Bertz CT molecular complexity index is 716. The van der Waals surface area contributed by atoms with Crippen molar-refractivity contribution in [3.05, 3.63) is 71.5 Å². The largest absolute Gasteiger partial charge is 0.469 e. The van der Waals surface area contributed by atoms with Gasteiger partial charge in [-0.25, -0.2) is 4.39 Å². The molecule has 1 unspecified atom stereocenters. The summed E-state index contributed by atoms with van der Waals surface area (Å²) in [4.78, 5) is 26.2. The number of halogens is 1. The number of carbonyl (C=O) groups excluding carboxylic acids is 2. The van der Waals surface area contributed by atoms with Crippen molar-refractivity contribution in [3.63, 3.8) is 0 Å². The molecular formula is C21H24FNO3. The summed E-state index contributed by atoms with van der Waals surface area (Å²) in [7, 11) is 1.34. The van der Waals surface area contributed by atoms with E-state index in [0.29, 0.717) is 19.5 Å². The van der Waals surface area contributed by atoms with E-state index in [-0.39, 0.29) is 24.1 Å². The Morgan fingerprint density at radius 3 is 2.31 bits per heavy atom. The molecule has 5 heteroatoms. The van der Waals surface area contributed by atoms with Gasteiger partial charge in [-0.3, -0.25) is 9.59 Å². The molecule has 1 atom stereocenters. The lowest BCUT2D eigenvalue weighted by Crippen LogP contribution is -2.39. The summed E-state index contributed by atoms with van der Waals surface area (Å²) in [6, 6.07) is 15.8. The van der Waals surface area contributed by atoms with Crippen molar-refractivity contribution in [2.75, 3.05) is 20.2 Å². The molecule has 0 bridgehead atoms. The highest BCUT2D eigenvalue weighted by Gasteiger charge is 2.21. The van der Waals surface area contributed by atoms with Gasteiger partial charge in [0.05, 0.1) is 19.4 Å². The van der Waals surface area contributed by atoms with E-state index in [1.807, 2.05) is 30.3 Å². The number of carbonyl (C=O) groups is 2. The third kappa shape index (κ3) is 5.99. The van der Waals surface area contributed by atoms with Crippen LogP contribution in [0.5, 0.6) is 0 Å². The van der Waals surface area contributed by atoms with Crippen molar-refractivity contribution < 1.29 is 18.7 Å². The zero-order valence-electron chi connectivity index (χ0n) is 15.2. The molecule has 0 aliphatic heterocycles. The highest BCUT2D eigenvalue weighted by Crippen LogP contribution is 2.10. The van der Waals surface area contributed by atoms with Crippen LogP contribution in [0.1, 0.15) is 18.1 Å². The fourth-order valence-electron chi connectivity index (χ4n) is 2.72. The molecule has 26 heavy (non-hydrogen) atoms. The molecule has 0 radical (unpaired) electrons. The zero-order chi connectivity index (χ0) is 18.9. The van der Waals surface area contributed by atoms with Gasteiger partial charge in [-0.1, -0.05) is 49.4 Å². The second-order valence-electron chi connectivity index (χ2n) is 6.30. The highest BCUT2D eigenvalue weighted by atomic mass is 19.1. The summed E-state index contributed by atoms with van der Waals surface area (Å²) in [5.74, 6) is -1.18. The van der Waals surface area contributed by atoms with Gasteiger partial charge in [-0.05, 0) is 29.7 Å². The van der Waals surface area contributed by atoms with Crippen LogP contribution in [0.2, 0.25) is 0 Å². The van der Waals surface area contributed by atoms with E-state index in [1.54, 1.807) is 24.0 Å². The fraction of sp³-hybridized carbons (Fsp3) is 0.333. The average molecular weight is 357 g/mol. The number of nitrogens with zero attached hydrogens (tertiary/aromatic N) is 1. The molecule has 4 nitrogen and oxygen atoms in total. The van der Waals surface area contributed by atoms with Crippen LogP contribution < -0.4 is 0 Å². The van der Waals surface area contributed by atoms with E-state index in [0.717, 1.165) is 11.1 Å². The molecule has 0 spiro atoms. The topological polar surface area (TPSA) is 46.6 Å². The number of benzene rings is 2. The molecule has 0 saturated heterocycles. The third-order valence-electron chi connectivity index (χ3n) is 4.23. The minimum absolute atomic E-state index is 0.0942. The monoisotopic (exact) mass is 357 g/mol. The predicted octanol–water partition coefficient (Wildman–Crippen LogP) is 3.25. The van der Waals surface area contributed by atoms with Gasteiger partial charge in [0.1, 0.15) is 5.82 Å². The Labute approximate surface area is 153 Å². The van der Waals surface area contributed by atoms with Crippen LogP contribution >= 0.6 is 0 Å². The smallest absolute Gasteiger partial charge is 0.310 e. The van der Waals surface area contributed by atoms with Gasteiger partial charge in [0.25, 0.3) is 0 Å². The molecule has 0 fully saturated rings. The molecule has 138 valence electrons. The van der Waals surface area contributed by atoms with Gasteiger partial charge in [0.2, 0.25) is 5.91 Å². The SMILES string of the molecule is COC(=O)C(C)CN(CCc1ccccc1)C(=O)Cc1ccc(F)cc1. The van der Waals surface area contributed by atoms with E-state index >= 15 is 0 Å². The molecular weight excluding hydrogens is 333 g/mol. The lowest BCUT2D eigenvalue weighted by Gasteiger charge is -2.25. The van der Waals surface area contributed by atoms with Crippen molar-refractivity contribution >= 4 is 11.9 Å². The van der Waals surface area contributed by atoms with Gasteiger partial charge in [-0.15, -0.1) is 0 Å². The van der Waals surface area contributed by atoms with E-state index < -0.39 is 5.92 Å². The first-order valence-electron chi connectivity index (χ1n) is 8.63. The predicted molar refractivity (Wildman–Crippen MR) is 98.0 cm³/mol. The summed E-state index contributed by atoms with van der Waals surface area (Å²) in [6.45, 7) is 2.54. The van der Waals surface area contributed by atoms with Crippen LogP contribution in [0.3, 0.4) is 0 Å². The number of rotatable bonds is 8. The third-order valence-corrected chi connectivity index (χ3v) is 4.23. The Kier molecular flexibility index (Phi) is 7.33. The molecule has 0 saturated carbocycles. The first kappa shape index (κ1) is 19.6. The number of ether oxygens (including phenoxy) is 1. The summed E-state index contributed by atoms with van der Waals surface area (Å²) in [5, 5.41) is 0. The summed E-state index contributed by atoms with van der Waals surface area (Å²) in [6.07, 6.45) is 0.868. The molecule has 0 aliphatic carbocycles. The highest BCUT2D eigenvalue weighted by molar-refractivity contribution is 5.80. The minimum atomic E-state index is -0.409. The van der Waals surface area contributed by atoms with Gasteiger partial charge in [-0.2, -0.15) is 0 Å².